The van der Waals surface area contributed by atoms with E-state index >= 15 is 0 Å². The molecule has 0 atom stereocenters. The Hall–Kier alpha value is -2.75. The minimum absolute atomic E-state index is 0.175. The lowest BCUT2D eigenvalue weighted by Gasteiger charge is -2.36. The van der Waals surface area contributed by atoms with Crippen LogP contribution in [0.15, 0.2) is 30.3 Å². The van der Waals surface area contributed by atoms with Crippen molar-refractivity contribution in [3.63, 3.8) is 0 Å². The zero-order valence-corrected chi connectivity index (χ0v) is 27.4. The SMILES string of the molecule is CN(Cc1ccc(OCCCCN2CCN(c3cccc(Cl)c3Cl)CC2)nc1NC(=O)C(C)(C)C)C(=O)OC(C)(C)C. The Balaban J connectivity index is 1.51. The largest absolute Gasteiger partial charge is 0.478 e. The summed E-state index contributed by atoms with van der Waals surface area (Å²) in [4.78, 5) is 36.0. The monoisotopic (exact) mass is 621 g/mol. The summed E-state index contributed by atoms with van der Waals surface area (Å²) in [7, 11) is 1.65. The summed E-state index contributed by atoms with van der Waals surface area (Å²) >= 11 is 12.6. The molecule has 2 aromatic rings. The smallest absolute Gasteiger partial charge is 0.410 e. The van der Waals surface area contributed by atoms with Gasteiger partial charge in [0.15, 0.2) is 0 Å². The average Bonchev–Trinajstić information content (AvgIpc) is 2.90. The maximum Gasteiger partial charge on any atom is 0.410 e. The van der Waals surface area contributed by atoms with E-state index in [0.29, 0.717) is 33.9 Å². The van der Waals surface area contributed by atoms with Crippen LogP contribution < -0.4 is 15.0 Å². The number of rotatable bonds is 10. The predicted octanol–water partition coefficient (Wildman–Crippen LogP) is 6.72. The molecule has 1 fully saturated rings. The number of hydrogen-bond acceptors (Lipinski definition) is 7. The maximum absolute atomic E-state index is 12.8. The quantitative estimate of drug-likeness (QED) is 0.295. The Bertz CT molecular complexity index is 1220. The van der Waals surface area contributed by atoms with Crippen LogP contribution in [0, 0.1) is 5.41 Å². The molecule has 1 saturated heterocycles. The molecule has 11 heteroatoms. The van der Waals surface area contributed by atoms with Gasteiger partial charge in [-0.3, -0.25) is 9.69 Å². The Labute approximate surface area is 260 Å². The van der Waals surface area contributed by atoms with Crippen LogP contribution in [0.1, 0.15) is 59.9 Å². The number of unbranched alkanes of at least 4 members (excludes halogenated alkanes) is 1. The van der Waals surface area contributed by atoms with Crippen LogP contribution >= 0.6 is 23.2 Å². The number of pyridine rings is 1. The molecule has 2 amide bonds. The lowest BCUT2D eigenvalue weighted by atomic mass is 9.95. The van der Waals surface area contributed by atoms with E-state index < -0.39 is 17.1 Å². The summed E-state index contributed by atoms with van der Waals surface area (Å²) in [6.07, 6.45) is 1.41. The lowest BCUT2D eigenvalue weighted by Crippen LogP contribution is -2.46. The number of anilines is 2. The standard InChI is InChI=1S/C31H45Cl2N5O4/c1-30(2,3)28(39)35-27-22(21-36(7)29(40)42-31(4,5)6)13-14-25(34-27)41-20-9-8-15-37-16-18-38(19-17-37)24-12-10-11-23(32)26(24)33/h10-14H,8-9,15-21H2,1-7H3,(H,34,35,39). The molecular formula is C31H45Cl2N5O4. The molecule has 1 aromatic carbocycles. The molecule has 1 aliphatic heterocycles. The van der Waals surface area contributed by atoms with Gasteiger partial charge in [-0.05, 0) is 58.4 Å². The van der Waals surface area contributed by atoms with E-state index in [1.165, 1.54) is 4.90 Å². The van der Waals surface area contributed by atoms with Gasteiger partial charge in [0.1, 0.15) is 11.4 Å². The van der Waals surface area contributed by atoms with Crippen molar-refractivity contribution in [2.45, 2.75) is 66.5 Å². The van der Waals surface area contributed by atoms with Crippen LogP contribution in [-0.4, -0.2) is 78.8 Å². The summed E-state index contributed by atoms with van der Waals surface area (Å²) < 4.78 is 11.4. The first-order valence-electron chi connectivity index (χ1n) is 14.4. The number of nitrogens with zero attached hydrogens (tertiary/aromatic N) is 4. The van der Waals surface area contributed by atoms with Crippen molar-refractivity contribution in [3.05, 3.63) is 45.9 Å². The summed E-state index contributed by atoms with van der Waals surface area (Å²) in [5, 5.41) is 4.11. The zero-order chi connectivity index (χ0) is 31.1. The number of hydrogen-bond donors (Lipinski definition) is 1. The van der Waals surface area contributed by atoms with Gasteiger partial charge >= 0.3 is 6.09 Å². The number of halogens is 2. The van der Waals surface area contributed by atoms with Crippen LogP contribution in [-0.2, 0) is 16.1 Å². The van der Waals surface area contributed by atoms with Crippen molar-refractivity contribution in [2.75, 3.05) is 56.6 Å². The van der Waals surface area contributed by atoms with Crippen molar-refractivity contribution in [1.29, 1.82) is 0 Å². The molecule has 0 unspecified atom stereocenters. The summed E-state index contributed by atoms with van der Waals surface area (Å²) in [6, 6.07) is 9.35. The molecule has 9 nitrogen and oxygen atoms in total. The molecule has 1 N–H and O–H groups in total. The molecular weight excluding hydrogens is 577 g/mol. The van der Waals surface area contributed by atoms with Gasteiger partial charge in [-0.25, -0.2) is 4.79 Å². The van der Waals surface area contributed by atoms with Crippen molar-refractivity contribution in [2.24, 2.45) is 5.41 Å². The Morgan fingerprint density at radius 2 is 1.69 bits per heavy atom. The number of aromatic nitrogens is 1. The molecule has 1 aliphatic rings. The second kappa shape index (κ2) is 14.6. The Morgan fingerprint density at radius 3 is 2.33 bits per heavy atom. The van der Waals surface area contributed by atoms with E-state index in [0.717, 1.165) is 51.3 Å². The highest BCUT2D eigenvalue weighted by Gasteiger charge is 2.25. The van der Waals surface area contributed by atoms with E-state index in [1.807, 2.05) is 65.8 Å². The van der Waals surface area contributed by atoms with Crippen molar-refractivity contribution >= 4 is 46.7 Å². The summed E-state index contributed by atoms with van der Waals surface area (Å²) in [6.45, 7) is 16.4. The fourth-order valence-electron chi connectivity index (χ4n) is 4.30. The van der Waals surface area contributed by atoms with Gasteiger partial charge < -0.3 is 24.6 Å². The lowest BCUT2D eigenvalue weighted by molar-refractivity contribution is -0.123. The van der Waals surface area contributed by atoms with E-state index in [2.05, 4.69) is 20.1 Å². The molecule has 3 rings (SSSR count). The van der Waals surface area contributed by atoms with Crippen LogP contribution in [0.5, 0.6) is 5.88 Å². The van der Waals surface area contributed by atoms with Crippen LogP contribution in [0.4, 0.5) is 16.3 Å². The summed E-state index contributed by atoms with van der Waals surface area (Å²) in [5.74, 6) is 0.626. The first-order valence-corrected chi connectivity index (χ1v) is 15.2. The molecule has 42 heavy (non-hydrogen) atoms. The second-order valence-electron chi connectivity index (χ2n) is 12.7. The first-order chi connectivity index (χ1) is 19.6. The molecule has 0 spiro atoms. The number of ether oxygens (including phenoxy) is 2. The van der Waals surface area contributed by atoms with Crippen LogP contribution in [0.25, 0.3) is 0 Å². The number of piperazine rings is 1. The van der Waals surface area contributed by atoms with Crippen LogP contribution in [0.2, 0.25) is 10.0 Å². The van der Waals surface area contributed by atoms with E-state index in [1.54, 1.807) is 13.1 Å². The van der Waals surface area contributed by atoms with E-state index in [4.69, 9.17) is 32.7 Å². The third-order valence-electron chi connectivity index (χ3n) is 6.74. The number of nitrogens with one attached hydrogen (secondary N) is 1. The minimum atomic E-state index is -0.612. The molecule has 0 saturated carbocycles. The highest BCUT2D eigenvalue weighted by molar-refractivity contribution is 6.43. The van der Waals surface area contributed by atoms with Gasteiger partial charge in [0.25, 0.3) is 0 Å². The molecule has 232 valence electrons. The fraction of sp³-hybridized carbons (Fsp3) is 0.581. The number of benzene rings is 1. The minimum Gasteiger partial charge on any atom is -0.478 e. The molecule has 0 aliphatic carbocycles. The van der Waals surface area contributed by atoms with E-state index in [-0.39, 0.29) is 12.5 Å². The Morgan fingerprint density at radius 1 is 1.00 bits per heavy atom. The van der Waals surface area contributed by atoms with Gasteiger partial charge in [-0.1, -0.05) is 50.0 Å². The summed E-state index contributed by atoms with van der Waals surface area (Å²) in [5.41, 5.74) is 0.458. The fourth-order valence-corrected chi connectivity index (χ4v) is 4.72. The third kappa shape index (κ3) is 10.2. The third-order valence-corrected chi connectivity index (χ3v) is 7.55. The average molecular weight is 623 g/mol. The second-order valence-corrected chi connectivity index (χ2v) is 13.4. The van der Waals surface area contributed by atoms with Crippen molar-refractivity contribution in [1.82, 2.24) is 14.8 Å². The first kappa shape index (κ1) is 33.7. The maximum atomic E-state index is 12.8. The zero-order valence-electron chi connectivity index (χ0n) is 25.9. The normalized spacial score (nSPS) is 14.5. The number of amides is 2. The topological polar surface area (TPSA) is 87.2 Å². The van der Waals surface area contributed by atoms with E-state index in [9.17, 15) is 9.59 Å². The molecule has 0 bridgehead atoms. The molecule has 2 heterocycles. The van der Waals surface area contributed by atoms with Crippen LogP contribution in [0.3, 0.4) is 0 Å². The van der Waals surface area contributed by atoms with Gasteiger partial charge in [0.2, 0.25) is 11.8 Å². The van der Waals surface area contributed by atoms with Gasteiger partial charge in [-0.15, -0.1) is 0 Å². The van der Waals surface area contributed by atoms with Crippen molar-refractivity contribution < 1.29 is 19.1 Å². The number of carbonyl (C=O) groups is 2. The Kier molecular flexibility index (Phi) is 11.7. The molecule has 1 aromatic heterocycles. The highest BCUT2D eigenvalue weighted by atomic mass is 35.5. The van der Waals surface area contributed by atoms with Gasteiger partial charge in [0.05, 0.1) is 28.9 Å². The van der Waals surface area contributed by atoms with Gasteiger partial charge in [0, 0.05) is 50.3 Å². The predicted molar refractivity (Wildman–Crippen MR) is 170 cm³/mol. The molecule has 0 radical (unpaired) electrons. The van der Waals surface area contributed by atoms with Gasteiger partial charge in [-0.2, -0.15) is 4.98 Å². The van der Waals surface area contributed by atoms with Crippen molar-refractivity contribution in [3.8, 4) is 5.88 Å². The highest BCUT2D eigenvalue weighted by Crippen LogP contribution is 2.33. The number of carbonyl (C=O) groups excluding carboxylic acids is 2.